The SMILES string of the molecule is CCN(Cc1ccc2c(c1)OCO2)C(=O)Cn1nnc(-c2cccs2)n1. The van der Waals surface area contributed by atoms with Crippen LogP contribution in [0, 0.1) is 0 Å². The van der Waals surface area contributed by atoms with Crippen molar-refractivity contribution in [2.45, 2.75) is 20.0 Å². The van der Waals surface area contributed by atoms with Crippen LogP contribution < -0.4 is 9.47 Å². The van der Waals surface area contributed by atoms with Crippen LogP contribution in [-0.2, 0) is 17.9 Å². The number of thiophene rings is 1. The van der Waals surface area contributed by atoms with Crippen LogP contribution >= 0.6 is 11.3 Å². The van der Waals surface area contributed by atoms with E-state index in [2.05, 4.69) is 15.4 Å². The maximum Gasteiger partial charge on any atom is 0.246 e. The number of rotatable bonds is 6. The Morgan fingerprint density at radius 3 is 3.00 bits per heavy atom. The smallest absolute Gasteiger partial charge is 0.246 e. The summed E-state index contributed by atoms with van der Waals surface area (Å²) in [4.78, 5) is 16.6. The summed E-state index contributed by atoms with van der Waals surface area (Å²) in [5, 5.41) is 14.2. The predicted molar refractivity (Wildman–Crippen MR) is 94.8 cm³/mol. The first kappa shape index (κ1) is 16.5. The summed E-state index contributed by atoms with van der Waals surface area (Å²) in [6.07, 6.45) is 0. The Hall–Kier alpha value is -2.94. The molecule has 9 heteroatoms. The summed E-state index contributed by atoms with van der Waals surface area (Å²) in [6.45, 7) is 3.30. The molecule has 0 spiro atoms. The Kier molecular flexibility index (Phi) is 4.53. The van der Waals surface area contributed by atoms with E-state index in [1.165, 1.54) is 16.1 Å². The van der Waals surface area contributed by atoms with Crippen molar-refractivity contribution in [3.05, 3.63) is 41.3 Å². The molecule has 0 atom stereocenters. The Morgan fingerprint density at radius 2 is 2.19 bits per heavy atom. The van der Waals surface area contributed by atoms with Gasteiger partial charge in [0.25, 0.3) is 0 Å². The zero-order valence-corrected chi connectivity index (χ0v) is 15.0. The first-order chi connectivity index (χ1) is 12.7. The Morgan fingerprint density at radius 1 is 1.31 bits per heavy atom. The second kappa shape index (κ2) is 7.12. The molecular weight excluding hydrogens is 354 g/mol. The summed E-state index contributed by atoms with van der Waals surface area (Å²) in [7, 11) is 0. The highest BCUT2D eigenvalue weighted by Gasteiger charge is 2.18. The van der Waals surface area contributed by atoms with Gasteiger partial charge in [0.15, 0.2) is 11.5 Å². The van der Waals surface area contributed by atoms with E-state index in [1.807, 2.05) is 42.6 Å². The van der Waals surface area contributed by atoms with Crippen LogP contribution in [0.3, 0.4) is 0 Å². The zero-order valence-electron chi connectivity index (χ0n) is 14.2. The highest BCUT2D eigenvalue weighted by molar-refractivity contribution is 7.13. The van der Waals surface area contributed by atoms with Gasteiger partial charge in [-0.15, -0.1) is 21.5 Å². The van der Waals surface area contributed by atoms with Gasteiger partial charge in [0, 0.05) is 13.1 Å². The van der Waals surface area contributed by atoms with E-state index < -0.39 is 0 Å². The van der Waals surface area contributed by atoms with Gasteiger partial charge in [0.2, 0.25) is 18.5 Å². The minimum atomic E-state index is -0.0692. The molecular formula is C17H17N5O3S. The van der Waals surface area contributed by atoms with Gasteiger partial charge < -0.3 is 14.4 Å². The van der Waals surface area contributed by atoms with E-state index in [-0.39, 0.29) is 19.2 Å². The zero-order chi connectivity index (χ0) is 17.9. The number of ether oxygens (including phenoxy) is 2. The van der Waals surface area contributed by atoms with E-state index in [4.69, 9.17) is 9.47 Å². The lowest BCUT2D eigenvalue weighted by Gasteiger charge is -2.20. The van der Waals surface area contributed by atoms with Crippen LogP contribution in [-0.4, -0.2) is 44.4 Å². The van der Waals surface area contributed by atoms with Gasteiger partial charge in [-0.25, -0.2) is 0 Å². The molecule has 0 saturated carbocycles. The third-order valence-corrected chi connectivity index (χ3v) is 4.88. The average molecular weight is 371 g/mol. The normalized spacial score (nSPS) is 12.3. The van der Waals surface area contributed by atoms with Crippen LogP contribution in [0.15, 0.2) is 35.7 Å². The van der Waals surface area contributed by atoms with Crippen molar-refractivity contribution < 1.29 is 14.3 Å². The number of likely N-dealkylation sites (N-methyl/N-ethyl adjacent to an activating group) is 1. The lowest BCUT2D eigenvalue weighted by Crippen LogP contribution is -2.33. The van der Waals surface area contributed by atoms with E-state index in [9.17, 15) is 4.79 Å². The molecule has 0 radical (unpaired) electrons. The summed E-state index contributed by atoms with van der Waals surface area (Å²) in [6, 6.07) is 9.55. The molecule has 0 saturated heterocycles. The topological polar surface area (TPSA) is 82.4 Å². The molecule has 0 fully saturated rings. The van der Waals surface area contributed by atoms with Gasteiger partial charge in [-0.3, -0.25) is 4.79 Å². The van der Waals surface area contributed by atoms with Crippen molar-refractivity contribution >= 4 is 17.2 Å². The first-order valence-corrected chi connectivity index (χ1v) is 9.09. The van der Waals surface area contributed by atoms with Crippen molar-refractivity contribution in [1.29, 1.82) is 0 Å². The number of carbonyl (C=O) groups is 1. The third-order valence-electron chi connectivity index (χ3n) is 4.02. The average Bonchev–Trinajstić information content (AvgIpc) is 3.39. The number of fused-ring (bicyclic) bond motifs is 1. The molecule has 0 aliphatic carbocycles. The lowest BCUT2D eigenvalue weighted by molar-refractivity contribution is -0.132. The number of nitrogens with zero attached hydrogens (tertiary/aromatic N) is 5. The molecule has 0 N–H and O–H groups in total. The van der Waals surface area contributed by atoms with Crippen molar-refractivity contribution in [2.24, 2.45) is 0 Å². The van der Waals surface area contributed by atoms with Crippen molar-refractivity contribution in [1.82, 2.24) is 25.1 Å². The van der Waals surface area contributed by atoms with Crippen LogP contribution in [0.5, 0.6) is 11.5 Å². The molecule has 8 nitrogen and oxygen atoms in total. The molecule has 2 aromatic heterocycles. The van der Waals surface area contributed by atoms with Crippen LogP contribution in [0.1, 0.15) is 12.5 Å². The number of hydrogen-bond acceptors (Lipinski definition) is 7. The van der Waals surface area contributed by atoms with Gasteiger partial charge in [-0.1, -0.05) is 12.1 Å². The van der Waals surface area contributed by atoms with E-state index in [0.717, 1.165) is 16.2 Å². The van der Waals surface area contributed by atoms with Crippen molar-refractivity contribution in [3.63, 3.8) is 0 Å². The van der Waals surface area contributed by atoms with E-state index in [0.29, 0.717) is 24.7 Å². The maximum atomic E-state index is 12.6. The third kappa shape index (κ3) is 3.38. The number of tetrazole rings is 1. The molecule has 4 rings (SSSR count). The fourth-order valence-electron chi connectivity index (χ4n) is 2.67. The maximum absolute atomic E-state index is 12.6. The fourth-order valence-corrected chi connectivity index (χ4v) is 3.32. The van der Waals surface area contributed by atoms with Crippen LogP contribution in [0.2, 0.25) is 0 Å². The molecule has 134 valence electrons. The Balaban J connectivity index is 1.42. The highest BCUT2D eigenvalue weighted by Crippen LogP contribution is 2.32. The molecule has 3 aromatic rings. The molecule has 1 aliphatic rings. The predicted octanol–water partition coefficient (Wildman–Crippen LogP) is 2.18. The lowest BCUT2D eigenvalue weighted by atomic mass is 10.2. The summed E-state index contributed by atoms with van der Waals surface area (Å²) in [5.74, 6) is 1.91. The summed E-state index contributed by atoms with van der Waals surface area (Å²) >= 11 is 1.53. The molecule has 0 unspecified atom stereocenters. The van der Waals surface area contributed by atoms with Gasteiger partial charge in [-0.05, 0) is 41.3 Å². The molecule has 0 bridgehead atoms. The quantitative estimate of drug-likeness (QED) is 0.660. The first-order valence-electron chi connectivity index (χ1n) is 8.21. The van der Waals surface area contributed by atoms with Crippen molar-refractivity contribution in [3.8, 4) is 22.2 Å². The second-order valence-corrected chi connectivity index (χ2v) is 6.66. The minimum Gasteiger partial charge on any atom is -0.454 e. The Bertz CT molecular complexity index is 909. The van der Waals surface area contributed by atoms with Crippen molar-refractivity contribution in [2.75, 3.05) is 13.3 Å². The van der Waals surface area contributed by atoms with E-state index in [1.54, 1.807) is 4.90 Å². The number of amides is 1. The molecule has 26 heavy (non-hydrogen) atoms. The molecule has 1 aliphatic heterocycles. The van der Waals surface area contributed by atoms with Gasteiger partial charge in [-0.2, -0.15) is 4.80 Å². The monoisotopic (exact) mass is 371 g/mol. The second-order valence-electron chi connectivity index (χ2n) is 5.72. The standard InChI is InChI=1S/C17H17N5O3S/c1-2-21(9-12-5-6-13-14(8-12)25-11-24-13)16(23)10-22-19-17(18-20-22)15-4-3-7-26-15/h3-8H,2,9-11H2,1H3. The number of aromatic nitrogens is 4. The number of benzene rings is 1. The largest absolute Gasteiger partial charge is 0.454 e. The van der Waals surface area contributed by atoms with Crippen LogP contribution in [0.4, 0.5) is 0 Å². The fraction of sp³-hybridized carbons (Fsp3) is 0.294. The van der Waals surface area contributed by atoms with E-state index >= 15 is 0 Å². The number of hydrogen-bond donors (Lipinski definition) is 0. The van der Waals surface area contributed by atoms with Gasteiger partial charge in [0.05, 0.1) is 4.88 Å². The summed E-state index contributed by atoms with van der Waals surface area (Å²) in [5.41, 5.74) is 0.982. The Labute approximate surface area is 154 Å². The molecule has 3 heterocycles. The summed E-state index contributed by atoms with van der Waals surface area (Å²) < 4.78 is 10.7. The molecule has 1 amide bonds. The van der Waals surface area contributed by atoms with Gasteiger partial charge in [0.1, 0.15) is 6.54 Å². The number of carbonyl (C=O) groups excluding carboxylic acids is 1. The molecule has 1 aromatic carbocycles. The van der Waals surface area contributed by atoms with Crippen LogP contribution in [0.25, 0.3) is 10.7 Å². The highest BCUT2D eigenvalue weighted by atomic mass is 32.1. The minimum absolute atomic E-state index is 0.0523. The van der Waals surface area contributed by atoms with Gasteiger partial charge >= 0.3 is 0 Å².